The van der Waals surface area contributed by atoms with E-state index in [0.29, 0.717) is 18.7 Å². The first-order valence-corrected chi connectivity index (χ1v) is 11.3. The normalized spacial score (nSPS) is 14.0. The highest BCUT2D eigenvalue weighted by Crippen LogP contribution is 2.25. The second-order valence-electron chi connectivity index (χ2n) is 8.18. The van der Waals surface area contributed by atoms with Gasteiger partial charge in [-0.05, 0) is 30.7 Å². The molecule has 0 bridgehead atoms. The Morgan fingerprint density at radius 1 is 0.939 bits per heavy atom. The lowest BCUT2D eigenvalue weighted by atomic mass is 10.1. The summed E-state index contributed by atoms with van der Waals surface area (Å²) >= 11 is 0. The van der Waals surface area contributed by atoms with E-state index in [1.165, 1.54) is 5.69 Å². The van der Waals surface area contributed by atoms with Crippen molar-refractivity contribution in [3.8, 4) is 0 Å². The fraction of sp³-hybridized carbons (Fsp3) is 0.280. The van der Waals surface area contributed by atoms with Gasteiger partial charge in [-0.1, -0.05) is 36.4 Å². The van der Waals surface area contributed by atoms with E-state index in [9.17, 15) is 4.79 Å². The smallest absolute Gasteiger partial charge is 0.251 e. The van der Waals surface area contributed by atoms with E-state index in [1.54, 1.807) is 6.33 Å². The Morgan fingerprint density at radius 2 is 1.67 bits per heavy atom. The first-order valence-electron chi connectivity index (χ1n) is 11.3. The molecule has 2 aromatic heterocycles. The molecule has 1 aliphatic heterocycles. The van der Waals surface area contributed by atoms with Crippen LogP contribution in [0.3, 0.4) is 0 Å². The van der Waals surface area contributed by atoms with Crippen LogP contribution in [-0.2, 0) is 6.54 Å². The van der Waals surface area contributed by atoms with Gasteiger partial charge in [0.25, 0.3) is 5.91 Å². The topological polar surface area (TPSA) is 79.2 Å². The van der Waals surface area contributed by atoms with E-state index in [-0.39, 0.29) is 5.91 Å². The van der Waals surface area contributed by atoms with Gasteiger partial charge in [0.2, 0.25) is 0 Å². The number of aromatic nitrogens is 4. The van der Waals surface area contributed by atoms with Crippen molar-refractivity contribution in [2.24, 2.45) is 0 Å². The van der Waals surface area contributed by atoms with Crippen LogP contribution in [0.15, 0.2) is 67.1 Å². The van der Waals surface area contributed by atoms with Crippen LogP contribution in [0.4, 0.5) is 11.5 Å². The lowest BCUT2D eigenvalue weighted by molar-refractivity contribution is 0.0951. The van der Waals surface area contributed by atoms with Gasteiger partial charge < -0.3 is 15.1 Å². The molecule has 1 amide bonds. The molecule has 0 radical (unpaired) electrons. The third-order valence-corrected chi connectivity index (χ3v) is 6.11. The highest BCUT2D eigenvalue weighted by Gasteiger charge is 2.21. The molecule has 5 rings (SSSR count). The maximum Gasteiger partial charge on any atom is 0.251 e. The van der Waals surface area contributed by atoms with Crippen LogP contribution in [0, 0.1) is 6.92 Å². The van der Waals surface area contributed by atoms with E-state index in [0.717, 1.165) is 48.6 Å². The van der Waals surface area contributed by atoms with Crippen LogP contribution < -0.4 is 15.1 Å². The molecule has 0 atom stereocenters. The molecule has 1 saturated heterocycles. The molecule has 3 heterocycles. The number of nitrogens with zero attached hydrogens (tertiary/aromatic N) is 6. The van der Waals surface area contributed by atoms with Crippen molar-refractivity contribution in [2.45, 2.75) is 13.5 Å². The number of amides is 1. The Morgan fingerprint density at radius 3 is 2.45 bits per heavy atom. The summed E-state index contributed by atoms with van der Waals surface area (Å²) in [5.41, 5.74) is 3.70. The van der Waals surface area contributed by atoms with Crippen molar-refractivity contribution in [3.05, 3.63) is 78.2 Å². The Balaban J connectivity index is 1.24. The molecule has 168 valence electrons. The summed E-state index contributed by atoms with van der Waals surface area (Å²) in [5, 5.41) is 8.45. The zero-order chi connectivity index (χ0) is 22.6. The number of carbonyl (C=O) groups is 1. The van der Waals surface area contributed by atoms with Crippen LogP contribution in [0.2, 0.25) is 0 Å². The maximum atomic E-state index is 12.5. The third kappa shape index (κ3) is 4.37. The van der Waals surface area contributed by atoms with Crippen LogP contribution in [0.5, 0.6) is 0 Å². The van der Waals surface area contributed by atoms with E-state index < -0.39 is 0 Å². The van der Waals surface area contributed by atoms with Gasteiger partial charge >= 0.3 is 0 Å². The summed E-state index contributed by atoms with van der Waals surface area (Å²) in [6.45, 7) is 6.60. The van der Waals surface area contributed by atoms with E-state index in [4.69, 9.17) is 0 Å². The fourth-order valence-corrected chi connectivity index (χ4v) is 4.31. The zero-order valence-corrected chi connectivity index (χ0v) is 18.7. The average Bonchev–Trinajstić information content (AvgIpc) is 3.28. The summed E-state index contributed by atoms with van der Waals surface area (Å²) in [5.74, 6) is 0.846. The second-order valence-corrected chi connectivity index (χ2v) is 8.18. The molecule has 1 fully saturated rings. The number of carbonyl (C=O) groups excluding carboxylic acids is 1. The lowest BCUT2D eigenvalue weighted by Crippen LogP contribution is -2.46. The molecule has 4 aromatic rings. The maximum absolute atomic E-state index is 12.5. The fourth-order valence-electron chi connectivity index (χ4n) is 4.31. The van der Waals surface area contributed by atoms with Crippen molar-refractivity contribution in [1.29, 1.82) is 0 Å². The van der Waals surface area contributed by atoms with Gasteiger partial charge in [0.05, 0.1) is 18.1 Å². The minimum atomic E-state index is -0.0730. The standard InChI is InChI=1S/C25H27N7O/c1-19-7-5-6-10-21(19)25(33)26-11-12-32-24-22(17-29-32)23(27-18-28-24)31-15-13-30(14-16-31)20-8-3-2-4-9-20/h2-10,17-18H,11-16H2,1H3,(H,26,33). The van der Waals surface area contributed by atoms with Crippen LogP contribution in [0.25, 0.3) is 11.0 Å². The number of hydrogen-bond acceptors (Lipinski definition) is 6. The molecular weight excluding hydrogens is 414 g/mol. The second kappa shape index (κ2) is 9.28. The highest BCUT2D eigenvalue weighted by atomic mass is 16.1. The number of hydrogen-bond donors (Lipinski definition) is 1. The van der Waals surface area contributed by atoms with Crippen molar-refractivity contribution in [1.82, 2.24) is 25.1 Å². The van der Waals surface area contributed by atoms with Crippen molar-refractivity contribution >= 4 is 28.4 Å². The number of aryl methyl sites for hydroxylation is 1. The number of rotatable bonds is 6. The van der Waals surface area contributed by atoms with Gasteiger partial charge in [0.1, 0.15) is 12.1 Å². The number of para-hydroxylation sites is 1. The van der Waals surface area contributed by atoms with Crippen LogP contribution in [0.1, 0.15) is 15.9 Å². The van der Waals surface area contributed by atoms with Gasteiger partial charge in [-0.25, -0.2) is 14.6 Å². The number of anilines is 2. The summed E-state index contributed by atoms with van der Waals surface area (Å²) < 4.78 is 1.83. The average molecular weight is 442 g/mol. The molecule has 1 N–H and O–H groups in total. The minimum absolute atomic E-state index is 0.0730. The van der Waals surface area contributed by atoms with Crippen molar-refractivity contribution < 1.29 is 4.79 Å². The molecule has 0 aliphatic carbocycles. The Bertz CT molecular complexity index is 1250. The number of piperazine rings is 1. The van der Waals surface area contributed by atoms with Crippen LogP contribution in [-0.4, -0.2) is 58.4 Å². The molecular formula is C25H27N7O. The van der Waals surface area contributed by atoms with Gasteiger partial charge in [-0.2, -0.15) is 5.10 Å². The van der Waals surface area contributed by atoms with Gasteiger partial charge in [0, 0.05) is 44.0 Å². The predicted molar refractivity (Wildman–Crippen MR) is 130 cm³/mol. The Kier molecular flexibility index (Phi) is 5.89. The summed E-state index contributed by atoms with van der Waals surface area (Å²) in [7, 11) is 0. The first-order chi connectivity index (χ1) is 16.2. The molecule has 0 saturated carbocycles. The summed E-state index contributed by atoms with van der Waals surface area (Å²) in [6, 6.07) is 18.1. The van der Waals surface area contributed by atoms with Crippen molar-refractivity contribution in [2.75, 3.05) is 42.5 Å². The molecule has 1 aliphatic rings. The SMILES string of the molecule is Cc1ccccc1C(=O)NCCn1ncc2c(N3CCN(c4ccccc4)CC3)ncnc21. The number of fused-ring (bicyclic) bond motifs is 1. The van der Waals surface area contributed by atoms with E-state index >= 15 is 0 Å². The molecule has 8 heteroatoms. The zero-order valence-electron chi connectivity index (χ0n) is 18.7. The largest absolute Gasteiger partial charge is 0.368 e. The third-order valence-electron chi connectivity index (χ3n) is 6.11. The minimum Gasteiger partial charge on any atom is -0.368 e. The monoisotopic (exact) mass is 441 g/mol. The van der Waals surface area contributed by atoms with Crippen LogP contribution >= 0.6 is 0 Å². The molecule has 0 unspecified atom stereocenters. The molecule has 2 aromatic carbocycles. The summed E-state index contributed by atoms with van der Waals surface area (Å²) in [6.07, 6.45) is 3.43. The predicted octanol–water partition coefficient (Wildman–Crippen LogP) is 2.89. The molecule has 8 nitrogen and oxygen atoms in total. The molecule has 33 heavy (non-hydrogen) atoms. The Labute approximate surface area is 192 Å². The quantitative estimate of drug-likeness (QED) is 0.496. The van der Waals surface area contributed by atoms with E-state index in [2.05, 4.69) is 54.4 Å². The van der Waals surface area contributed by atoms with Gasteiger partial charge in [0.15, 0.2) is 5.65 Å². The highest BCUT2D eigenvalue weighted by molar-refractivity contribution is 5.95. The first kappa shape index (κ1) is 20.9. The Hall–Kier alpha value is -3.94. The lowest BCUT2D eigenvalue weighted by Gasteiger charge is -2.36. The van der Waals surface area contributed by atoms with Crippen molar-refractivity contribution in [3.63, 3.8) is 0 Å². The van der Waals surface area contributed by atoms with Gasteiger partial charge in [-0.3, -0.25) is 4.79 Å². The molecule has 0 spiro atoms. The number of nitrogens with one attached hydrogen (secondary N) is 1. The summed E-state index contributed by atoms with van der Waals surface area (Å²) in [4.78, 5) is 26.2. The van der Waals surface area contributed by atoms with Gasteiger partial charge in [-0.15, -0.1) is 0 Å². The number of benzene rings is 2. The van der Waals surface area contributed by atoms with E-state index in [1.807, 2.05) is 48.1 Å².